The molecule has 0 amide bonds. The molecule has 0 spiro atoms. The second-order valence-corrected chi connectivity index (χ2v) is 6.33. The molecule has 0 saturated carbocycles. The van der Waals surface area contributed by atoms with Crippen molar-refractivity contribution < 1.29 is 0 Å². The van der Waals surface area contributed by atoms with E-state index in [1.807, 2.05) is 0 Å². The molecule has 0 fully saturated rings. The number of thiophene rings is 1. The molecule has 17 heavy (non-hydrogen) atoms. The van der Waals surface area contributed by atoms with Crippen LogP contribution in [0, 0.1) is 0 Å². The smallest absolute Gasteiger partial charge is 0.107 e. The molecule has 4 heteroatoms. The van der Waals surface area contributed by atoms with E-state index in [9.17, 15) is 0 Å². The van der Waals surface area contributed by atoms with Gasteiger partial charge in [0.25, 0.3) is 0 Å². The first-order valence-corrected chi connectivity index (χ1v) is 7.44. The van der Waals surface area contributed by atoms with Gasteiger partial charge in [0, 0.05) is 21.6 Å². The number of aryl methyl sites for hydroxylation is 1. The fourth-order valence-corrected chi connectivity index (χ4v) is 3.30. The van der Waals surface area contributed by atoms with E-state index in [1.54, 1.807) is 11.3 Å². The van der Waals surface area contributed by atoms with E-state index in [4.69, 9.17) is 11.6 Å². The predicted molar refractivity (Wildman–Crippen MR) is 80.2 cm³/mol. The van der Waals surface area contributed by atoms with Crippen molar-refractivity contribution in [3.63, 3.8) is 0 Å². The van der Waals surface area contributed by atoms with E-state index in [0.717, 1.165) is 27.5 Å². The molecule has 2 aromatic rings. The van der Waals surface area contributed by atoms with Gasteiger partial charge in [-0.15, -0.1) is 11.3 Å². The molecule has 1 nitrogen and oxygen atoms in total. The monoisotopic (exact) mass is 329 g/mol. The number of anilines is 1. The first-order valence-electron chi connectivity index (χ1n) is 5.45. The first kappa shape index (κ1) is 12.9. The SMILES string of the molecule is CCc1cccc(NCc2cc(Br)c(Cl)s2)c1. The van der Waals surface area contributed by atoms with Crippen LogP contribution in [-0.2, 0) is 13.0 Å². The molecule has 0 aliphatic rings. The van der Waals surface area contributed by atoms with Crippen LogP contribution in [0.1, 0.15) is 17.4 Å². The summed E-state index contributed by atoms with van der Waals surface area (Å²) in [4.78, 5) is 1.23. The Morgan fingerprint density at radius 2 is 2.18 bits per heavy atom. The van der Waals surface area contributed by atoms with Crippen molar-refractivity contribution in [2.24, 2.45) is 0 Å². The lowest BCUT2D eigenvalue weighted by molar-refractivity contribution is 1.13. The maximum Gasteiger partial charge on any atom is 0.107 e. The standard InChI is InChI=1S/C13H13BrClNS/c1-2-9-4-3-5-10(6-9)16-8-11-7-12(14)13(15)17-11/h3-7,16H,2,8H2,1H3. The van der Waals surface area contributed by atoms with Crippen molar-refractivity contribution in [2.45, 2.75) is 19.9 Å². The van der Waals surface area contributed by atoms with Crippen LogP contribution < -0.4 is 5.32 Å². The molecule has 0 saturated heterocycles. The number of rotatable bonds is 4. The van der Waals surface area contributed by atoms with Crippen LogP contribution in [0.5, 0.6) is 0 Å². The topological polar surface area (TPSA) is 12.0 Å². The number of halogens is 2. The number of benzene rings is 1. The largest absolute Gasteiger partial charge is 0.380 e. The van der Waals surface area contributed by atoms with Crippen LogP contribution >= 0.6 is 38.9 Å². The average molecular weight is 331 g/mol. The van der Waals surface area contributed by atoms with Gasteiger partial charge in [-0.2, -0.15) is 0 Å². The second kappa shape index (κ2) is 5.89. The minimum Gasteiger partial charge on any atom is -0.380 e. The molecule has 1 N–H and O–H groups in total. The van der Waals surface area contributed by atoms with Crippen molar-refractivity contribution in [1.82, 2.24) is 0 Å². The summed E-state index contributed by atoms with van der Waals surface area (Å²) in [5.41, 5.74) is 2.50. The molecular formula is C13H13BrClNS. The Labute approximate surface area is 119 Å². The maximum absolute atomic E-state index is 6.00. The zero-order chi connectivity index (χ0) is 12.3. The second-order valence-electron chi connectivity index (χ2n) is 3.74. The molecular weight excluding hydrogens is 318 g/mol. The van der Waals surface area contributed by atoms with E-state index in [1.165, 1.54) is 10.4 Å². The van der Waals surface area contributed by atoms with Crippen LogP contribution in [-0.4, -0.2) is 0 Å². The summed E-state index contributed by atoms with van der Waals surface area (Å²) in [6.45, 7) is 2.97. The Morgan fingerprint density at radius 3 is 2.82 bits per heavy atom. The van der Waals surface area contributed by atoms with Crippen LogP contribution in [0.4, 0.5) is 5.69 Å². The Hall–Kier alpha value is -0.510. The Balaban J connectivity index is 2.01. The summed E-state index contributed by atoms with van der Waals surface area (Å²) >= 11 is 11.0. The van der Waals surface area contributed by atoms with E-state index < -0.39 is 0 Å². The first-order chi connectivity index (χ1) is 8.19. The fraction of sp³-hybridized carbons (Fsp3) is 0.231. The van der Waals surface area contributed by atoms with Crippen molar-refractivity contribution in [3.05, 3.63) is 49.6 Å². The zero-order valence-electron chi connectivity index (χ0n) is 9.47. The van der Waals surface area contributed by atoms with E-state index in [-0.39, 0.29) is 0 Å². The highest BCUT2D eigenvalue weighted by atomic mass is 79.9. The van der Waals surface area contributed by atoms with Crippen LogP contribution in [0.2, 0.25) is 4.34 Å². The highest BCUT2D eigenvalue weighted by Crippen LogP contribution is 2.32. The van der Waals surface area contributed by atoms with Gasteiger partial charge in [-0.3, -0.25) is 0 Å². The Bertz CT molecular complexity index is 490. The molecule has 0 aliphatic carbocycles. The molecule has 90 valence electrons. The zero-order valence-corrected chi connectivity index (χ0v) is 12.6. The van der Waals surface area contributed by atoms with Crippen LogP contribution in [0.3, 0.4) is 0 Å². The fourth-order valence-electron chi connectivity index (χ4n) is 1.57. The Morgan fingerprint density at radius 1 is 1.35 bits per heavy atom. The van der Waals surface area contributed by atoms with Crippen LogP contribution in [0.25, 0.3) is 0 Å². The van der Waals surface area contributed by atoms with Crippen molar-refractivity contribution in [1.29, 1.82) is 0 Å². The summed E-state index contributed by atoms with van der Waals surface area (Å²) < 4.78 is 1.78. The molecule has 1 aromatic heterocycles. The number of hydrogen-bond donors (Lipinski definition) is 1. The van der Waals surface area contributed by atoms with Gasteiger partial charge in [-0.25, -0.2) is 0 Å². The van der Waals surface area contributed by atoms with Gasteiger partial charge in [0.2, 0.25) is 0 Å². The highest BCUT2D eigenvalue weighted by Gasteiger charge is 2.04. The molecule has 0 radical (unpaired) electrons. The maximum atomic E-state index is 6.00. The summed E-state index contributed by atoms with van der Waals surface area (Å²) in [6, 6.07) is 10.6. The number of hydrogen-bond acceptors (Lipinski definition) is 2. The summed E-state index contributed by atoms with van der Waals surface area (Å²) in [5, 5.41) is 3.41. The third-order valence-electron chi connectivity index (χ3n) is 2.50. The molecule has 0 atom stereocenters. The molecule has 0 unspecified atom stereocenters. The normalized spacial score (nSPS) is 10.5. The van der Waals surface area contributed by atoms with Gasteiger partial charge in [0.05, 0.1) is 0 Å². The molecule has 1 aromatic carbocycles. The van der Waals surface area contributed by atoms with Gasteiger partial charge in [-0.05, 0) is 46.1 Å². The quantitative estimate of drug-likeness (QED) is 0.798. The van der Waals surface area contributed by atoms with Gasteiger partial charge in [0.15, 0.2) is 0 Å². The van der Waals surface area contributed by atoms with E-state index in [0.29, 0.717) is 0 Å². The molecule has 2 rings (SSSR count). The van der Waals surface area contributed by atoms with Crippen LogP contribution in [0.15, 0.2) is 34.8 Å². The highest BCUT2D eigenvalue weighted by molar-refractivity contribution is 9.10. The third kappa shape index (κ3) is 3.47. The summed E-state index contributed by atoms with van der Waals surface area (Å²) in [7, 11) is 0. The van der Waals surface area contributed by atoms with E-state index >= 15 is 0 Å². The van der Waals surface area contributed by atoms with Crippen molar-refractivity contribution >= 4 is 44.6 Å². The Kier molecular flexibility index (Phi) is 4.48. The average Bonchev–Trinajstić information content (AvgIpc) is 2.67. The number of nitrogens with one attached hydrogen (secondary N) is 1. The van der Waals surface area contributed by atoms with E-state index in [2.05, 4.69) is 58.5 Å². The van der Waals surface area contributed by atoms with Crippen molar-refractivity contribution in [2.75, 3.05) is 5.32 Å². The van der Waals surface area contributed by atoms with Gasteiger partial charge < -0.3 is 5.32 Å². The molecule has 0 aliphatic heterocycles. The molecule has 0 bridgehead atoms. The lowest BCUT2D eigenvalue weighted by Crippen LogP contribution is -1.97. The van der Waals surface area contributed by atoms with Crippen molar-refractivity contribution in [3.8, 4) is 0 Å². The van der Waals surface area contributed by atoms with Gasteiger partial charge in [0.1, 0.15) is 4.34 Å². The minimum absolute atomic E-state index is 0.809. The van der Waals surface area contributed by atoms with Gasteiger partial charge >= 0.3 is 0 Å². The lowest BCUT2D eigenvalue weighted by atomic mass is 10.1. The lowest BCUT2D eigenvalue weighted by Gasteiger charge is -2.06. The summed E-state index contributed by atoms with van der Waals surface area (Å²) in [6.07, 6.45) is 1.06. The van der Waals surface area contributed by atoms with Gasteiger partial charge in [-0.1, -0.05) is 30.7 Å². The minimum atomic E-state index is 0.809. The molecule has 1 heterocycles. The summed E-state index contributed by atoms with van der Waals surface area (Å²) in [5.74, 6) is 0. The third-order valence-corrected chi connectivity index (χ3v) is 4.97. The predicted octanol–water partition coefficient (Wildman–Crippen LogP) is 5.34.